The van der Waals surface area contributed by atoms with Gasteiger partial charge in [0, 0.05) is 12.0 Å². The molecule has 19 heavy (non-hydrogen) atoms. The first-order valence-electron chi connectivity index (χ1n) is 6.68. The number of amides is 1. The maximum absolute atomic E-state index is 12.1. The molecule has 1 aromatic rings. The molecule has 1 aromatic carbocycles. The van der Waals surface area contributed by atoms with E-state index in [4.69, 9.17) is 5.11 Å². The van der Waals surface area contributed by atoms with Crippen LogP contribution in [0.1, 0.15) is 48.5 Å². The third-order valence-corrected chi connectivity index (χ3v) is 3.72. The Hall–Kier alpha value is -1.84. The van der Waals surface area contributed by atoms with Gasteiger partial charge in [0.05, 0.1) is 5.56 Å². The summed E-state index contributed by atoms with van der Waals surface area (Å²) in [6, 6.07) is 6.60. The lowest BCUT2D eigenvalue weighted by atomic mass is 9.99. The van der Waals surface area contributed by atoms with Crippen LogP contribution in [-0.4, -0.2) is 17.0 Å². The second kappa shape index (κ2) is 5.43. The molecule has 0 atom stereocenters. The minimum absolute atomic E-state index is 0.115. The predicted octanol–water partition coefficient (Wildman–Crippen LogP) is 2.58. The third-order valence-electron chi connectivity index (χ3n) is 3.72. The first kappa shape index (κ1) is 13.6. The zero-order valence-electron chi connectivity index (χ0n) is 11.1. The molecule has 1 aliphatic rings. The molecule has 4 nitrogen and oxygen atoms in total. The van der Waals surface area contributed by atoms with Crippen LogP contribution in [0, 0.1) is 5.41 Å². The number of rotatable bonds is 6. The molecule has 0 saturated heterocycles. The van der Waals surface area contributed by atoms with Gasteiger partial charge in [0.15, 0.2) is 0 Å². The van der Waals surface area contributed by atoms with E-state index in [0.29, 0.717) is 6.54 Å². The highest BCUT2D eigenvalue weighted by Crippen LogP contribution is 2.49. The van der Waals surface area contributed by atoms with Crippen molar-refractivity contribution in [1.82, 2.24) is 5.32 Å². The average molecular weight is 261 g/mol. The number of carbonyl (C=O) groups excluding carboxylic acids is 1. The molecule has 0 aliphatic heterocycles. The predicted molar refractivity (Wildman–Crippen MR) is 71.8 cm³/mol. The van der Waals surface area contributed by atoms with Crippen molar-refractivity contribution in [3.05, 3.63) is 35.4 Å². The second-order valence-corrected chi connectivity index (χ2v) is 5.22. The van der Waals surface area contributed by atoms with Crippen LogP contribution in [0.2, 0.25) is 0 Å². The molecule has 1 saturated carbocycles. The lowest BCUT2D eigenvalue weighted by Crippen LogP contribution is -2.31. The minimum atomic E-state index is -0.935. The number of carbonyl (C=O) groups is 2. The highest BCUT2D eigenvalue weighted by molar-refractivity contribution is 5.87. The first-order chi connectivity index (χ1) is 9.07. The molecule has 0 heterocycles. The molecule has 2 rings (SSSR count). The monoisotopic (exact) mass is 261 g/mol. The Balaban J connectivity index is 1.88. The summed E-state index contributed by atoms with van der Waals surface area (Å²) in [5.74, 6) is -0.799. The fourth-order valence-corrected chi connectivity index (χ4v) is 2.36. The summed E-state index contributed by atoms with van der Waals surface area (Å²) in [7, 11) is 0. The Labute approximate surface area is 112 Å². The summed E-state index contributed by atoms with van der Waals surface area (Å²) in [5.41, 5.74) is 1.07. The molecule has 1 aliphatic carbocycles. The Morgan fingerprint density at radius 3 is 2.37 bits per heavy atom. The van der Waals surface area contributed by atoms with Gasteiger partial charge in [-0.1, -0.05) is 25.5 Å². The lowest BCUT2D eigenvalue weighted by Gasteiger charge is -2.14. The highest BCUT2D eigenvalue weighted by Gasteiger charge is 2.48. The number of hydrogen-bond donors (Lipinski definition) is 2. The normalized spacial score (nSPS) is 15.8. The van der Waals surface area contributed by atoms with Gasteiger partial charge in [0.1, 0.15) is 0 Å². The number of carboxylic acids is 1. The summed E-state index contributed by atoms with van der Waals surface area (Å²) < 4.78 is 0. The van der Waals surface area contributed by atoms with Gasteiger partial charge in [-0.3, -0.25) is 4.79 Å². The van der Waals surface area contributed by atoms with E-state index in [1.165, 1.54) is 0 Å². The standard InChI is InChI=1S/C15H19NO3/c1-2-7-15(8-9-15)14(19)16-10-11-3-5-12(6-4-11)13(17)18/h3-6H,2,7-10H2,1H3,(H,16,19)(H,17,18). The van der Waals surface area contributed by atoms with E-state index in [-0.39, 0.29) is 16.9 Å². The van der Waals surface area contributed by atoms with E-state index in [2.05, 4.69) is 12.2 Å². The molecular weight excluding hydrogens is 242 g/mol. The van der Waals surface area contributed by atoms with Crippen LogP contribution in [0.25, 0.3) is 0 Å². The molecule has 0 unspecified atom stereocenters. The Kier molecular flexibility index (Phi) is 3.88. The van der Waals surface area contributed by atoms with Crippen LogP contribution < -0.4 is 5.32 Å². The van der Waals surface area contributed by atoms with Crippen LogP contribution >= 0.6 is 0 Å². The topological polar surface area (TPSA) is 66.4 Å². The number of carboxylic acid groups (broad SMARTS) is 1. The van der Waals surface area contributed by atoms with Crippen LogP contribution in [0.15, 0.2) is 24.3 Å². The number of aromatic carboxylic acids is 1. The fraction of sp³-hybridized carbons (Fsp3) is 0.467. The molecule has 0 radical (unpaired) electrons. The van der Waals surface area contributed by atoms with E-state index < -0.39 is 5.97 Å². The van der Waals surface area contributed by atoms with E-state index in [0.717, 1.165) is 31.2 Å². The molecule has 102 valence electrons. The molecule has 1 fully saturated rings. The van der Waals surface area contributed by atoms with Crippen molar-refractivity contribution in [3.63, 3.8) is 0 Å². The zero-order valence-corrected chi connectivity index (χ0v) is 11.1. The van der Waals surface area contributed by atoms with Gasteiger partial charge in [-0.25, -0.2) is 4.79 Å². The maximum atomic E-state index is 12.1. The van der Waals surface area contributed by atoms with Crippen molar-refractivity contribution >= 4 is 11.9 Å². The Bertz CT molecular complexity index is 475. The van der Waals surface area contributed by atoms with Crippen LogP contribution in [0.4, 0.5) is 0 Å². The molecular formula is C15H19NO3. The van der Waals surface area contributed by atoms with Crippen molar-refractivity contribution in [1.29, 1.82) is 0 Å². The summed E-state index contributed by atoms with van der Waals surface area (Å²) in [5, 5.41) is 11.7. The van der Waals surface area contributed by atoms with Crippen molar-refractivity contribution in [2.24, 2.45) is 5.41 Å². The van der Waals surface area contributed by atoms with Gasteiger partial charge in [-0.15, -0.1) is 0 Å². The van der Waals surface area contributed by atoms with E-state index in [9.17, 15) is 9.59 Å². The zero-order chi connectivity index (χ0) is 13.9. The van der Waals surface area contributed by atoms with Gasteiger partial charge >= 0.3 is 5.97 Å². The summed E-state index contributed by atoms with van der Waals surface area (Å²) >= 11 is 0. The smallest absolute Gasteiger partial charge is 0.335 e. The minimum Gasteiger partial charge on any atom is -0.478 e. The SMILES string of the molecule is CCCC1(C(=O)NCc2ccc(C(=O)O)cc2)CC1. The summed E-state index contributed by atoms with van der Waals surface area (Å²) in [6.07, 6.45) is 3.97. The molecule has 0 bridgehead atoms. The third kappa shape index (κ3) is 3.13. The van der Waals surface area contributed by atoms with Crippen molar-refractivity contribution in [2.75, 3.05) is 0 Å². The molecule has 4 heteroatoms. The first-order valence-corrected chi connectivity index (χ1v) is 6.68. The molecule has 1 amide bonds. The second-order valence-electron chi connectivity index (χ2n) is 5.22. The van der Waals surface area contributed by atoms with Gasteiger partial charge in [-0.2, -0.15) is 0 Å². The average Bonchev–Trinajstić information content (AvgIpc) is 3.18. The van der Waals surface area contributed by atoms with Crippen molar-refractivity contribution in [2.45, 2.75) is 39.2 Å². The van der Waals surface area contributed by atoms with E-state index >= 15 is 0 Å². The summed E-state index contributed by atoms with van der Waals surface area (Å²) in [4.78, 5) is 22.8. The summed E-state index contributed by atoms with van der Waals surface area (Å²) in [6.45, 7) is 2.56. The van der Waals surface area contributed by atoms with Crippen LogP contribution in [-0.2, 0) is 11.3 Å². The fourth-order valence-electron chi connectivity index (χ4n) is 2.36. The van der Waals surface area contributed by atoms with Gasteiger partial charge in [0.25, 0.3) is 0 Å². The van der Waals surface area contributed by atoms with E-state index in [1.807, 2.05) is 0 Å². The molecule has 2 N–H and O–H groups in total. The quantitative estimate of drug-likeness (QED) is 0.827. The van der Waals surface area contributed by atoms with Crippen LogP contribution in [0.3, 0.4) is 0 Å². The molecule has 0 spiro atoms. The van der Waals surface area contributed by atoms with Crippen molar-refractivity contribution < 1.29 is 14.7 Å². The Morgan fingerprint density at radius 2 is 1.89 bits per heavy atom. The number of benzene rings is 1. The maximum Gasteiger partial charge on any atom is 0.335 e. The highest BCUT2D eigenvalue weighted by atomic mass is 16.4. The van der Waals surface area contributed by atoms with Gasteiger partial charge in [-0.05, 0) is 37.0 Å². The van der Waals surface area contributed by atoms with Gasteiger partial charge < -0.3 is 10.4 Å². The Morgan fingerprint density at radius 1 is 1.26 bits per heavy atom. The number of hydrogen-bond acceptors (Lipinski definition) is 2. The van der Waals surface area contributed by atoms with Crippen LogP contribution in [0.5, 0.6) is 0 Å². The number of nitrogens with one attached hydrogen (secondary N) is 1. The lowest BCUT2D eigenvalue weighted by molar-refractivity contribution is -0.126. The van der Waals surface area contributed by atoms with E-state index in [1.54, 1.807) is 24.3 Å². The molecule has 0 aromatic heterocycles. The largest absolute Gasteiger partial charge is 0.478 e. The van der Waals surface area contributed by atoms with Crippen molar-refractivity contribution in [3.8, 4) is 0 Å². The van der Waals surface area contributed by atoms with Gasteiger partial charge in [0.2, 0.25) is 5.91 Å².